The van der Waals surface area contributed by atoms with Crippen molar-refractivity contribution in [1.29, 1.82) is 0 Å². The lowest BCUT2D eigenvalue weighted by Crippen LogP contribution is -2.05. The van der Waals surface area contributed by atoms with E-state index in [1.54, 1.807) is 13.0 Å². The second kappa shape index (κ2) is 6.30. The summed E-state index contributed by atoms with van der Waals surface area (Å²) in [6.45, 7) is 4.42. The summed E-state index contributed by atoms with van der Waals surface area (Å²) in [6.07, 6.45) is -3.55. The molecule has 0 bridgehead atoms. The van der Waals surface area contributed by atoms with Crippen LogP contribution in [0.4, 0.5) is 19.0 Å². The number of pyridine rings is 1. The van der Waals surface area contributed by atoms with Crippen molar-refractivity contribution in [1.82, 2.24) is 15.0 Å². The van der Waals surface area contributed by atoms with Crippen LogP contribution in [0.5, 0.6) is 0 Å². The van der Waals surface area contributed by atoms with E-state index >= 15 is 0 Å². The molecule has 0 radical (unpaired) electrons. The minimum Gasteiger partial charge on any atom is -0.370 e. The molecular formula is C13H13F3N4S. The van der Waals surface area contributed by atoms with Crippen molar-refractivity contribution in [3.05, 3.63) is 35.8 Å². The van der Waals surface area contributed by atoms with Crippen LogP contribution in [-0.2, 0) is 6.18 Å². The maximum absolute atomic E-state index is 12.5. The van der Waals surface area contributed by atoms with E-state index in [-0.39, 0.29) is 0 Å². The van der Waals surface area contributed by atoms with Gasteiger partial charge in [0.15, 0.2) is 0 Å². The Morgan fingerprint density at radius 3 is 2.52 bits per heavy atom. The van der Waals surface area contributed by atoms with E-state index in [1.807, 2.05) is 6.92 Å². The fraction of sp³-hybridized carbons (Fsp3) is 0.308. The first kappa shape index (κ1) is 15.6. The maximum Gasteiger partial charge on any atom is 0.417 e. The lowest BCUT2D eigenvalue weighted by atomic mass is 10.3. The van der Waals surface area contributed by atoms with E-state index in [0.29, 0.717) is 21.7 Å². The fourth-order valence-electron chi connectivity index (χ4n) is 1.58. The summed E-state index contributed by atoms with van der Waals surface area (Å²) < 4.78 is 37.4. The van der Waals surface area contributed by atoms with Crippen LogP contribution < -0.4 is 5.32 Å². The van der Waals surface area contributed by atoms with Crippen LogP contribution in [-0.4, -0.2) is 21.5 Å². The third-order valence-corrected chi connectivity index (χ3v) is 3.31. The predicted molar refractivity (Wildman–Crippen MR) is 74.3 cm³/mol. The molecule has 0 fully saturated rings. The molecule has 0 amide bonds. The number of rotatable bonds is 4. The molecule has 0 spiro atoms. The Morgan fingerprint density at radius 2 is 1.95 bits per heavy atom. The zero-order valence-electron chi connectivity index (χ0n) is 11.4. The molecule has 0 aromatic carbocycles. The Bertz CT molecular complexity index is 614. The molecule has 0 saturated heterocycles. The van der Waals surface area contributed by atoms with Gasteiger partial charge in [-0.25, -0.2) is 15.0 Å². The molecule has 0 aliphatic rings. The van der Waals surface area contributed by atoms with Crippen LogP contribution in [0.1, 0.15) is 18.3 Å². The van der Waals surface area contributed by atoms with E-state index in [4.69, 9.17) is 0 Å². The normalized spacial score (nSPS) is 11.5. The van der Waals surface area contributed by atoms with Gasteiger partial charge in [-0.2, -0.15) is 13.2 Å². The topological polar surface area (TPSA) is 50.7 Å². The minimum absolute atomic E-state index is 0.448. The van der Waals surface area contributed by atoms with Crippen molar-refractivity contribution < 1.29 is 13.2 Å². The van der Waals surface area contributed by atoms with Crippen molar-refractivity contribution in [2.75, 3.05) is 11.9 Å². The molecule has 0 atom stereocenters. The second-order valence-corrected chi connectivity index (χ2v) is 5.19. The molecule has 2 aromatic heterocycles. The summed E-state index contributed by atoms with van der Waals surface area (Å²) >= 11 is 1.19. The van der Waals surface area contributed by atoms with Gasteiger partial charge in [-0.1, -0.05) is 0 Å². The van der Waals surface area contributed by atoms with Gasteiger partial charge in [0.1, 0.15) is 21.7 Å². The zero-order valence-corrected chi connectivity index (χ0v) is 12.2. The maximum atomic E-state index is 12.5. The van der Waals surface area contributed by atoms with Gasteiger partial charge in [-0.05, 0) is 37.7 Å². The minimum atomic E-state index is -4.38. The molecule has 0 aliphatic carbocycles. The van der Waals surface area contributed by atoms with Gasteiger partial charge in [-0.3, -0.25) is 0 Å². The average molecular weight is 314 g/mol. The molecule has 21 heavy (non-hydrogen) atoms. The number of aromatic nitrogens is 3. The van der Waals surface area contributed by atoms with E-state index in [1.165, 1.54) is 17.8 Å². The lowest BCUT2D eigenvalue weighted by Gasteiger charge is -2.08. The average Bonchev–Trinajstić information content (AvgIpc) is 2.38. The third-order valence-electron chi connectivity index (χ3n) is 2.45. The molecule has 1 N–H and O–H groups in total. The smallest absolute Gasteiger partial charge is 0.370 e. The molecule has 0 aliphatic heterocycles. The molecule has 4 nitrogen and oxygen atoms in total. The number of halogens is 3. The standard InChI is InChI=1S/C13H13F3N4S/c1-3-17-10-6-12(20-8(2)19-10)21-11-5-4-9(7-18-11)13(14,15)16/h4-7H,3H2,1-2H3,(H,17,19,20). The number of hydrogen-bond acceptors (Lipinski definition) is 5. The number of nitrogens with zero attached hydrogens (tertiary/aromatic N) is 3. The van der Waals surface area contributed by atoms with Crippen LogP contribution >= 0.6 is 11.8 Å². The van der Waals surface area contributed by atoms with Crippen LogP contribution in [0.3, 0.4) is 0 Å². The molecule has 0 saturated carbocycles. The molecular weight excluding hydrogens is 301 g/mol. The lowest BCUT2D eigenvalue weighted by molar-refractivity contribution is -0.137. The monoisotopic (exact) mass is 314 g/mol. The van der Waals surface area contributed by atoms with E-state index < -0.39 is 11.7 Å². The van der Waals surface area contributed by atoms with Crippen molar-refractivity contribution in [2.45, 2.75) is 30.1 Å². The molecule has 2 aromatic rings. The first-order chi connectivity index (χ1) is 9.88. The van der Waals surface area contributed by atoms with Gasteiger partial charge in [0.05, 0.1) is 5.56 Å². The molecule has 112 valence electrons. The zero-order chi connectivity index (χ0) is 15.5. The highest BCUT2D eigenvalue weighted by Crippen LogP contribution is 2.31. The highest BCUT2D eigenvalue weighted by Gasteiger charge is 2.30. The van der Waals surface area contributed by atoms with E-state index in [9.17, 15) is 13.2 Å². The van der Waals surface area contributed by atoms with Gasteiger partial charge in [0.25, 0.3) is 0 Å². The van der Waals surface area contributed by atoms with E-state index in [0.717, 1.165) is 18.8 Å². The summed E-state index contributed by atoms with van der Waals surface area (Å²) in [5.74, 6) is 1.27. The first-order valence-corrected chi connectivity index (χ1v) is 7.01. The highest BCUT2D eigenvalue weighted by atomic mass is 32.2. The molecule has 2 rings (SSSR count). The van der Waals surface area contributed by atoms with Gasteiger partial charge in [0.2, 0.25) is 0 Å². The third kappa shape index (κ3) is 4.32. The largest absolute Gasteiger partial charge is 0.417 e. The Balaban J connectivity index is 2.18. The van der Waals surface area contributed by atoms with Crippen LogP contribution in [0, 0.1) is 6.92 Å². The number of anilines is 1. The number of nitrogens with one attached hydrogen (secondary N) is 1. The Kier molecular flexibility index (Phi) is 4.66. The SMILES string of the molecule is CCNc1cc(Sc2ccc(C(F)(F)F)cn2)nc(C)n1. The molecule has 2 heterocycles. The Hall–Kier alpha value is -1.83. The fourth-order valence-corrected chi connectivity index (χ4v) is 2.38. The van der Waals surface area contributed by atoms with Crippen molar-refractivity contribution in [3.8, 4) is 0 Å². The van der Waals surface area contributed by atoms with Gasteiger partial charge in [0, 0.05) is 18.8 Å². The van der Waals surface area contributed by atoms with Crippen LogP contribution in [0.15, 0.2) is 34.4 Å². The predicted octanol–water partition coefficient (Wildman–Crippen LogP) is 3.78. The van der Waals surface area contributed by atoms with Gasteiger partial charge >= 0.3 is 6.18 Å². The number of hydrogen-bond donors (Lipinski definition) is 1. The molecule has 8 heteroatoms. The Morgan fingerprint density at radius 1 is 1.19 bits per heavy atom. The summed E-state index contributed by atoms with van der Waals surface area (Å²) in [7, 11) is 0. The number of aryl methyl sites for hydroxylation is 1. The second-order valence-electron chi connectivity index (χ2n) is 4.15. The van der Waals surface area contributed by atoms with Crippen molar-refractivity contribution in [2.24, 2.45) is 0 Å². The van der Waals surface area contributed by atoms with Gasteiger partial charge in [-0.15, -0.1) is 0 Å². The van der Waals surface area contributed by atoms with Gasteiger partial charge < -0.3 is 5.32 Å². The highest BCUT2D eigenvalue weighted by molar-refractivity contribution is 7.99. The quantitative estimate of drug-likeness (QED) is 0.870. The summed E-state index contributed by atoms with van der Waals surface area (Å²) in [5.41, 5.74) is -0.765. The van der Waals surface area contributed by atoms with Crippen LogP contribution in [0.2, 0.25) is 0 Å². The first-order valence-electron chi connectivity index (χ1n) is 6.19. The molecule has 0 unspecified atom stereocenters. The summed E-state index contributed by atoms with van der Waals surface area (Å²) in [6, 6.07) is 4.08. The van der Waals surface area contributed by atoms with Crippen LogP contribution in [0.25, 0.3) is 0 Å². The Labute approximate surface area is 124 Å². The van der Waals surface area contributed by atoms with E-state index in [2.05, 4.69) is 20.3 Å². The summed E-state index contributed by atoms with van der Waals surface area (Å²) in [5, 5.41) is 4.15. The van der Waals surface area contributed by atoms with Crippen molar-refractivity contribution in [3.63, 3.8) is 0 Å². The number of alkyl halides is 3. The van der Waals surface area contributed by atoms with Crippen molar-refractivity contribution >= 4 is 17.6 Å². The summed E-state index contributed by atoms with van der Waals surface area (Å²) in [4.78, 5) is 12.2.